The highest BCUT2D eigenvalue weighted by Gasteiger charge is 1.85. The molecule has 13 heavy (non-hydrogen) atoms. The van der Waals surface area contributed by atoms with Gasteiger partial charge in [-0.2, -0.15) is 0 Å². The Bertz CT molecular complexity index is 190. The van der Waals surface area contributed by atoms with Crippen LogP contribution in [0.4, 0.5) is 0 Å². The van der Waals surface area contributed by atoms with Crippen LogP contribution in [0.3, 0.4) is 0 Å². The Labute approximate surface area is 77.6 Å². The van der Waals surface area contributed by atoms with Gasteiger partial charge < -0.3 is 10.0 Å². The van der Waals surface area contributed by atoms with E-state index >= 15 is 0 Å². The maximum absolute atomic E-state index is 8.07. The van der Waals surface area contributed by atoms with Crippen molar-refractivity contribution in [1.29, 1.82) is 5.41 Å². The zero-order chi connectivity index (χ0) is 9.94. The summed E-state index contributed by atoms with van der Waals surface area (Å²) in [4.78, 5) is 4.56. The molecule has 0 unspecified atom stereocenters. The van der Waals surface area contributed by atoms with E-state index in [4.69, 9.17) is 10.6 Å². The standard InChI is InChI=1S/C8H15N3O2/c1-8(9)13-11-7-5-3-2-4-6-10-12/h6-7,9,12H,2-5H2,1H3/b9-8?,10-6+,11-7+. The SMILES string of the molecule is CC(=N)O/N=C/CCCC/C=N/O. The molecule has 0 aliphatic rings. The van der Waals surface area contributed by atoms with Crippen LogP contribution < -0.4 is 0 Å². The van der Waals surface area contributed by atoms with E-state index in [1.54, 1.807) is 6.21 Å². The van der Waals surface area contributed by atoms with Crippen LogP contribution in [0, 0.1) is 5.41 Å². The van der Waals surface area contributed by atoms with Gasteiger partial charge in [-0.1, -0.05) is 5.16 Å². The Morgan fingerprint density at radius 1 is 1.38 bits per heavy atom. The summed E-state index contributed by atoms with van der Waals surface area (Å²) in [5, 5.41) is 21.4. The van der Waals surface area contributed by atoms with Gasteiger partial charge in [-0.25, -0.2) is 0 Å². The number of hydrogen-bond donors (Lipinski definition) is 2. The van der Waals surface area contributed by atoms with Crippen LogP contribution in [0.1, 0.15) is 32.6 Å². The normalized spacial score (nSPS) is 11.2. The maximum Gasteiger partial charge on any atom is 0.214 e. The van der Waals surface area contributed by atoms with Gasteiger partial charge in [-0.15, -0.1) is 5.16 Å². The van der Waals surface area contributed by atoms with Gasteiger partial charge >= 0.3 is 0 Å². The summed E-state index contributed by atoms with van der Waals surface area (Å²) in [5.74, 6) is 0.0867. The highest BCUT2D eigenvalue weighted by Crippen LogP contribution is 1.95. The minimum atomic E-state index is 0.0867. The first-order chi connectivity index (χ1) is 6.27. The summed E-state index contributed by atoms with van der Waals surface area (Å²) < 4.78 is 0. The van der Waals surface area contributed by atoms with E-state index in [0.717, 1.165) is 25.7 Å². The van der Waals surface area contributed by atoms with Crippen molar-refractivity contribution >= 4 is 18.3 Å². The van der Waals surface area contributed by atoms with Gasteiger partial charge in [0.1, 0.15) is 0 Å². The molecular formula is C8H15N3O2. The smallest absolute Gasteiger partial charge is 0.214 e. The van der Waals surface area contributed by atoms with Crippen molar-refractivity contribution in [1.82, 2.24) is 0 Å². The molecule has 0 saturated heterocycles. The number of oxime groups is 2. The number of unbranched alkanes of at least 4 members (excludes halogenated alkanes) is 3. The molecule has 0 amide bonds. The quantitative estimate of drug-likeness (QED) is 0.218. The number of rotatable bonds is 6. The molecular weight excluding hydrogens is 170 g/mol. The number of nitrogens with one attached hydrogen (secondary N) is 1. The number of hydrogen-bond acceptors (Lipinski definition) is 5. The average molecular weight is 185 g/mol. The van der Waals surface area contributed by atoms with Crippen LogP contribution in [0.2, 0.25) is 0 Å². The molecule has 0 heterocycles. The van der Waals surface area contributed by atoms with Gasteiger partial charge in [-0.3, -0.25) is 5.41 Å². The first kappa shape index (κ1) is 11.6. The highest BCUT2D eigenvalue weighted by atomic mass is 16.6. The van der Waals surface area contributed by atoms with E-state index in [9.17, 15) is 0 Å². The first-order valence-corrected chi connectivity index (χ1v) is 4.17. The third-order valence-electron chi connectivity index (χ3n) is 1.26. The van der Waals surface area contributed by atoms with E-state index in [1.807, 2.05) is 0 Å². The molecule has 0 aromatic rings. The molecule has 74 valence electrons. The van der Waals surface area contributed by atoms with Crippen LogP contribution in [-0.2, 0) is 4.84 Å². The number of nitrogens with zero attached hydrogens (tertiary/aromatic N) is 2. The van der Waals surface area contributed by atoms with Crippen molar-refractivity contribution in [3.63, 3.8) is 0 Å². The van der Waals surface area contributed by atoms with Crippen molar-refractivity contribution in [2.24, 2.45) is 10.3 Å². The van der Waals surface area contributed by atoms with Crippen molar-refractivity contribution in [3.8, 4) is 0 Å². The van der Waals surface area contributed by atoms with Gasteiger partial charge in [0.05, 0.1) is 0 Å². The Morgan fingerprint density at radius 3 is 2.54 bits per heavy atom. The molecule has 0 aliphatic carbocycles. The second kappa shape index (κ2) is 8.70. The van der Waals surface area contributed by atoms with Crippen molar-refractivity contribution in [3.05, 3.63) is 0 Å². The minimum Gasteiger partial charge on any atom is -0.411 e. The van der Waals surface area contributed by atoms with Crippen molar-refractivity contribution in [2.75, 3.05) is 0 Å². The van der Waals surface area contributed by atoms with Gasteiger partial charge in [0.2, 0.25) is 5.90 Å². The van der Waals surface area contributed by atoms with Gasteiger partial charge in [0, 0.05) is 19.4 Å². The average Bonchev–Trinajstić information content (AvgIpc) is 2.09. The summed E-state index contributed by atoms with van der Waals surface area (Å²) in [6.07, 6.45) is 6.61. The molecule has 0 spiro atoms. The third kappa shape index (κ3) is 10.6. The fraction of sp³-hybridized carbons (Fsp3) is 0.625. The van der Waals surface area contributed by atoms with Crippen LogP contribution in [0.25, 0.3) is 0 Å². The van der Waals surface area contributed by atoms with Gasteiger partial charge in [0.15, 0.2) is 0 Å². The molecule has 0 bridgehead atoms. The predicted molar refractivity (Wildman–Crippen MR) is 51.7 cm³/mol. The molecule has 0 radical (unpaired) electrons. The van der Waals surface area contributed by atoms with Crippen LogP contribution in [0.5, 0.6) is 0 Å². The first-order valence-electron chi connectivity index (χ1n) is 4.17. The van der Waals surface area contributed by atoms with Crippen LogP contribution >= 0.6 is 0 Å². The topological polar surface area (TPSA) is 78.0 Å². The zero-order valence-corrected chi connectivity index (χ0v) is 7.73. The molecule has 0 saturated carbocycles. The van der Waals surface area contributed by atoms with Gasteiger partial charge in [-0.05, 0) is 25.7 Å². The molecule has 0 aromatic carbocycles. The molecule has 5 heteroatoms. The second-order valence-corrected chi connectivity index (χ2v) is 2.52. The Balaban J connectivity index is 3.15. The monoisotopic (exact) mass is 185 g/mol. The second-order valence-electron chi connectivity index (χ2n) is 2.52. The van der Waals surface area contributed by atoms with Crippen LogP contribution in [0.15, 0.2) is 10.3 Å². The van der Waals surface area contributed by atoms with Gasteiger partial charge in [0.25, 0.3) is 0 Å². The predicted octanol–water partition coefficient (Wildman–Crippen LogP) is 2.01. The molecule has 0 atom stereocenters. The summed E-state index contributed by atoms with van der Waals surface area (Å²) in [6.45, 7) is 1.52. The highest BCUT2D eigenvalue weighted by molar-refractivity contribution is 5.70. The van der Waals surface area contributed by atoms with E-state index in [2.05, 4.69) is 15.1 Å². The van der Waals surface area contributed by atoms with E-state index < -0.39 is 0 Å². The molecule has 0 aromatic heterocycles. The summed E-state index contributed by atoms with van der Waals surface area (Å²) >= 11 is 0. The molecule has 0 aliphatic heterocycles. The zero-order valence-electron chi connectivity index (χ0n) is 7.73. The van der Waals surface area contributed by atoms with Crippen molar-refractivity contribution < 1.29 is 10.0 Å². The lowest BCUT2D eigenvalue weighted by Gasteiger charge is -1.92. The Hall–Kier alpha value is -1.39. The third-order valence-corrected chi connectivity index (χ3v) is 1.26. The minimum absolute atomic E-state index is 0.0867. The summed E-state index contributed by atoms with van der Waals surface area (Å²) in [7, 11) is 0. The lowest BCUT2D eigenvalue weighted by atomic mass is 10.2. The summed E-state index contributed by atoms with van der Waals surface area (Å²) in [6, 6.07) is 0. The summed E-state index contributed by atoms with van der Waals surface area (Å²) in [5.41, 5.74) is 0. The molecule has 2 N–H and O–H groups in total. The van der Waals surface area contributed by atoms with E-state index in [-0.39, 0.29) is 5.90 Å². The Kier molecular flexibility index (Phi) is 7.77. The van der Waals surface area contributed by atoms with E-state index in [0.29, 0.717) is 0 Å². The molecule has 0 rings (SSSR count). The van der Waals surface area contributed by atoms with E-state index in [1.165, 1.54) is 13.1 Å². The molecule has 5 nitrogen and oxygen atoms in total. The lowest BCUT2D eigenvalue weighted by molar-refractivity contribution is 0.320. The van der Waals surface area contributed by atoms with Crippen LogP contribution in [-0.4, -0.2) is 23.5 Å². The lowest BCUT2D eigenvalue weighted by Crippen LogP contribution is -1.90. The fourth-order valence-corrected chi connectivity index (χ4v) is 0.698. The fourth-order valence-electron chi connectivity index (χ4n) is 0.698. The maximum atomic E-state index is 8.07. The van der Waals surface area contributed by atoms with Crippen molar-refractivity contribution in [2.45, 2.75) is 32.6 Å². The Morgan fingerprint density at radius 2 is 2.00 bits per heavy atom. The largest absolute Gasteiger partial charge is 0.411 e. The molecule has 0 fully saturated rings.